The molecule has 0 bridgehead atoms. The van der Waals surface area contributed by atoms with Gasteiger partial charge >= 0.3 is 0 Å². The molecule has 1 aliphatic heterocycles. The molecule has 110 valence electrons. The van der Waals surface area contributed by atoms with Crippen LogP contribution in [-0.2, 0) is 0 Å². The van der Waals surface area contributed by atoms with Gasteiger partial charge in [0, 0.05) is 25.2 Å². The fourth-order valence-corrected chi connectivity index (χ4v) is 2.81. The summed E-state index contributed by atoms with van der Waals surface area (Å²) in [6.45, 7) is 10.3. The highest BCUT2D eigenvalue weighted by Crippen LogP contribution is 2.24. The van der Waals surface area contributed by atoms with Gasteiger partial charge in [-0.2, -0.15) is 0 Å². The van der Waals surface area contributed by atoms with Gasteiger partial charge in [0.2, 0.25) is 0 Å². The molecule has 0 saturated carbocycles. The molecule has 1 amide bonds. The van der Waals surface area contributed by atoms with Crippen LogP contribution in [0.5, 0.6) is 0 Å². The third-order valence-corrected chi connectivity index (χ3v) is 3.79. The average Bonchev–Trinajstić information content (AvgIpc) is 2.85. The van der Waals surface area contributed by atoms with Crippen LogP contribution in [0.1, 0.15) is 62.8 Å². The molecular formula is C16H25N3O. The fourth-order valence-electron chi connectivity index (χ4n) is 2.81. The average molecular weight is 275 g/mol. The van der Waals surface area contributed by atoms with E-state index >= 15 is 0 Å². The topological polar surface area (TPSA) is 46.1 Å². The zero-order chi connectivity index (χ0) is 14.7. The van der Waals surface area contributed by atoms with Crippen molar-refractivity contribution < 1.29 is 4.79 Å². The molecule has 1 saturated heterocycles. The molecule has 4 nitrogen and oxygen atoms in total. The molecule has 1 aromatic heterocycles. The standard InChI is InChI=1S/C16H25N3O/c1-11(2)9-13-6-8-19(10-13)16(20)14-5-7-17-15(18-14)12(3)4/h5,7,11-13H,6,8-10H2,1-4H3. The maximum absolute atomic E-state index is 12.5. The summed E-state index contributed by atoms with van der Waals surface area (Å²) in [7, 11) is 0. The molecule has 20 heavy (non-hydrogen) atoms. The van der Waals surface area contributed by atoms with Crippen LogP contribution in [0.3, 0.4) is 0 Å². The summed E-state index contributed by atoms with van der Waals surface area (Å²) < 4.78 is 0. The van der Waals surface area contributed by atoms with Gasteiger partial charge in [-0.3, -0.25) is 4.79 Å². The van der Waals surface area contributed by atoms with Crippen LogP contribution in [0.4, 0.5) is 0 Å². The van der Waals surface area contributed by atoms with Crippen LogP contribution >= 0.6 is 0 Å². The Labute approximate surface area is 121 Å². The predicted octanol–water partition coefficient (Wildman–Crippen LogP) is 3.11. The van der Waals surface area contributed by atoms with E-state index in [9.17, 15) is 4.79 Å². The van der Waals surface area contributed by atoms with Crippen molar-refractivity contribution in [3.63, 3.8) is 0 Å². The summed E-state index contributed by atoms with van der Waals surface area (Å²) in [4.78, 5) is 23.1. The molecule has 0 spiro atoms. The number of aromatic nitrogens is 2. The monoisotopic (exact) mass is 275 g/mol. The summed E-state index contributed by atoms with van der Waals surface area (Å²) in [6.07, 6.45) is 4.01. The first-order valence-electron chi connectivity index (χ1n) is 7.59. The quantitative estimate of drug-likeness (QED) is 0.848. The molecule has 0 aromatic carbocycles. The van der Waals surface area contributed by atoms with Gasteiger partial charge in [-0.25, -0.2) is 9.97 Å². The van der Waals surface area contributed by atoms with Crippen LogP contribution in [0.2, 0.25) is 0 Å². The van der Waals surface area contributed by atoms with Crippen molar-refractivity contribution in [2.75, 3.05) is 13.1 Å². The van der Waals surface area contributed by atoms with E-state index < -0.39 is 0 Å². The second kappa shape index (κ2) is 6.33. The third kappa shape index (κ3) is 3.56. The molecule has 1 aliphatic rings. The predicted molar refractivity (Wildman–Crippen MR) is 79.6 cm³/mol. The van der Waals surface area contributed by atoms with E-state index in [1.54, 1.807) is 12.3 Å². The highest BCUT2D eigenvalue weighted by atomic mass is 16.2. The van der Waals surface area contributed by atoms with Crippen molar-refractivity contribution in [3.8, 4) is 0 Å². The summed E-state index contributed by atoms with van der Waals surface area (Å²) in [5.74, 6) is 2.39. The van der Waals surface area contributed by atoms with Gasteiger partial charge in [-0.05, 0) is 30.7 Å². The lowest BCUT2D eigenvalue weighted by Crippen LogP contribution is -2.30. The van der Waals surface area contributed by atoms with Crippen molar-refractivity contribution in [2.45, 2.75) is 46.5 Å². The Morgan fingerprint density at radius 1 is 1.40 bits per heavy atom. The number of rotatable bonds is 4. The van der Waals surface area contributed by atoms with E-state index in [0.29, 0.717) is 17.5 Å². The van der Waals surface area contributed by atoms with Crippen molar-refractivity contribution in [1.82, 2.24) is 14.9 Å². The largest absolute Gasteiger partial charge is 0.337 e. The lowest BCUT2D eigenvalue weighted by Gasteiger charge is -2.17. The van der Waals surface area contributed by atoms with Crippen LogP contribution in [-0.4, -0.2) is 33.9 Å². The van der Waals surface area contributed by atoms with E-state index in [4.69, 9.17) is 0 Å². The molecule has 1 unspecified atom stereocenters. The number of carbonyl (C=O) groups excluding carboxylic acids is 1. The smallest absolute Gasteiger partial charge is 0.272 e. The number of amides is 1. The molecule has 2 rings (SSSR count). The molecule has 0 N–H and O–H groups in total. The van der Waals surface area contributed by atoms with Gasteiger partial charge in [-0.1, -0.05) is 27.7 Å². The Morgan fingerprint density at radius 3 is 2.80 bits per heavy atom. The molecular weight excluding hydrogens is 250 g/mol. The summed E-state index contributed by atoms with van der Waals surface area (Å²) in [6, 6.07) is 1.73. The number of nitrogens with zero attached hydrogens (tertiary/aromatic N) is 3. The van der Waals surface area contributed by atoms with Gasteiger partial charge in [0.05, 0.1) is 0 Å². The number of carbonyl (C=O) groups is 1. The Bertz CT molecular complexity index is 471. The third-order valence-electron chi connectivity index (χ3n) is 3.79. The van der Waals surface area contributed by atoms with Gasteiger partial charge in [0.1, 0.15) is 11.5 Å². The summed E-state index contributed by atoms with van der Waals surface area (Å²) >= 11 is 0. The van der Waals surface area contributed by atoms with E-state index in [1.807, 2.05) is 18.7 Å². The van der Waals surface area contributed by atoms with E-state index in [2.05, 4.69) is 23.8 Å². The number of hydrogen-bond acceptors (Lipinski definition) is 3. The molecule has 0 radical (unpaired) electrons. The van der Waals surface area contributed by atoms with Crippen LogP contribution in [0, 0.1) is 11.8 Å². The maximum Gasteiger partial charge on any atom is 0.272 e. The van der Waals surface area contributed by atoms with Gasteiger partial charge in [0.25, 0.3) is 5.91 Å². The van der Waals surface area contributed by atoms with Crippen molar-refractivity contribution >= 4 is 5.91 Å². The lowest BCUT2D eigenvalue weighted by atomic mass is 9.97. The second-order valence-corrected chi connectivity index (χ2v) is 6.49. The SMILES string of the molecule is CC(C)CC1CCN(C(=O)c2ccnc(C(C)C)n2)C1. The van der Waals surface area contributed by atoms with Crippen LogP contribution in [0.15, 0.2) is 12.3 Å². The van der Waals surface area contributed by atoms with Gasteiger partial charge < -0.3 is 4.90 Å². The number of hydrogen-bond donors (Lipinski definition) is 0. The summed E-state index contributed by atoms with van der Waals surface area (Å²) in [5, 5.41) is 0. The maximum atomic E-state index is 12.5. The normalized spacial score (nSPS) is 19.1. The second-order valence-electron chi connectivity index (χ2n) is 6.49. The van der Waals surface area contributed by atoms with Gasteiger partial charge in [0.15, 0.2) is 0 Å². The molecule has 1 fully saturated rings. The van der Waals surface area contributed by atoms with E-state index in [0.717, 1.165) is 25.3 Å². The minimum Gasteiger partial charge on any atom is -0.337 e. The first kappa shape index (κ1) is 14.9. The Balaban J connectivity index is 2.03. The van der Waals surface area contributed by atoms with E-state index in [1.165, 1.54) is 6.42 Å². The first-order valence-corrected chi connectivity index (χ1v) is 7.59. The minimum atomic E-state index is 0.0561. The number of likely N-dealkylation sites (tertiary alicyclic amines) is 1. The van der Waals surface area contributed by atoms with Crippen LogP contribution in [0.25, 0.3) is 0 Å². The van der Waals surface area contributed by atoms with E-state index in [-0.39, 0.29) is 11.8 Å². The zero-order valence-electron chi connectivity index (χ0n) is 13.0. The van der Waals surface area contributed by atoms with Crippen molar-refractivity contribution in [2.24, 2.45) is 11.8 Å². The molecule has 1 atom stereocenters. The van der Waals surface area contributed by atoms with Crippen LogP contribution < -0.4 is 0 Å². The molecule has 2 heterocycles. The fraction of sp³-hybridized carbons (Fsp3) is 0.688. The van der Waals surface area contributed by atoms with Crippen molar-refractivity contribution in [1.29, 1.82) is 0 Å². The highest BCUT2D eigenvalue weighted by molar-refractivity contribution is 5.92. The Hall–Kier alpha value is -1.45. The zero-order valence-corrected chi connectivity index (χ0v) is 13.0. The Kier molecular flexibility index (Phi) is 4.73. The van der Waals surface area contributed by atoms with Gasteiger partial charge in [-0.15, -0.1) is 0 Å². The highest BCUT2D eigenvalue weighted by Gasteiger charge is 2.28. The molecule has 4 heteroatoms. The molecule has 0 aliphatic carbocycles. The first-order chi connectivity index (χ1) is 9.47. The Morgan fingerprint density at radius 2 is 2.15 bits per heavy atom. The molecule has 1 aromatic rings. The minimum absolute atomic E-state index is 0.0561. The van der Waals surface area contributed by atoms with Crippen molar-refractivity contribution in [3.05, 3.63) is 23.8 Å². The summed E-state index contributed by atoms with van der Waals surface area (Å²) in [5.41, 5.74) is 0.536. The lowest BCUT2D eigenvalue weighted by molar-refractivity contribution is 0.0779.